The molecular formula is C14H19ClO2. The Kier molecular flexibility index (Phi) is 5.01. The van der Waals surface area contributed by atoms with Crippen molar-refractivity contribution in [2.75, 3.05) is 0 Å². The maximum Gasteiger partial charge on any atom is 0.338 e. The van der Waals surface area contributed by atoms with E-state index in [1.165, 1.54) is 0 Å². The minimum Gasteiger partial charge on any atom is -0.459 e. The van der Waals surface area contributed by atoms with E-state index in [0.29, 0.717) is 12.0 Å². The molecule has 1 rings (SSSR count). The van der Waals surface area contributed by atoms with Gasteiger partial charge < -0.3 is 4.74 Å². The first-order valence-electron chi connectivity index (χ1n) is 5.92. The average molecular weight is 255 g/mol. The maximum absolute atomic E-state index is 11.9. The van der Waals surface area contributed by atoms with Crippen LogP contribution in [0, 0.1) is 0 Å². The second kappa shape index (κ2) is 6.06. The fourth-order valence-electron chi connectivity index (χ4n) is 1.94. The second-order valence-corrected chi connectivity index (χ2v) is 4.80. The Morgan fingerprint density at radius 3 is 2.82 bits per heavy atom. The van der Waals surface area contributed by atoms with Gasteiger partial charge in [0.05, 0.1) is 17.1 Å². The SMILES string of the molecule is C=CC1=C(CC)C(Cl)CC=C1C(=O)OC(C)C. The van der Waals surface area contributed by atoms with Crippen molar-refractivity contribution >= 4 is 17.6 Å². The molecule has 0 N–H and O–H groups in total. The van der Waals surface area contributed by atoms with E-state index in [0.717, 1.165) is 17.6 Å². The molecule has 0 fully saturated rings. The molecule has 17 heavy (non-hydrogen) atoms. The molecule has 0 aromatic carbocycles. The number of hydrogen-bond acceptors (Lipinski definition) is 2. The van der Waals surface area contributed by atoms with Crippen LogP contribution in [0.1, 0.15) is 33.6 Å². The fourth-order valence-corrected chi connectivity index (χ4v) is 2.30. The van der Waals surface area contributed by atoms with Crippen molar-refractivity contribution in [2.24, 2.45) is 0 Å². The van der Waals surface area contributed by atoms with Gasteiger partial charge in [-0.15, -0.1) is 11.6 Å². The lowest BCUT2D eigenvalue weighted by Crippen LogP contribution is -2.20. The van der Waals surface area contributed by atoms with Crippen molar-refractivity contribution in [3.8, 4) is 0 Å². The molecule has 0 spiro atoms. The van der Waals surface area contributed by atoms with Crippen LogP contribution in [-0.2, 0) is 9.53 Å². The summed E-state index contributed by atoms with van der Waals surface area (Å²) in [6.07, 6.45) is 4.92. The molecule has 0 bridgehead atoms. The molecule has 1 aliphatic rings. The number of allylic oxidation sites excluding steroid dienone is 3. The van der Waals surface area contributed by atoms with Crippen LogP contribution in [0.25, 0.3) is 0 Å². The third kappa shape index (κ3) is 3.22. The van der Waals surface area contributed by atoms with Crippen LogP contribution in [-0.4, -0.2) is 17.5 Å². The van der Waals surface area contributed by atoms with Crippen molar-refractivity contribution in [3.63, 3.8) is 0 Å². The predicted molar refractivity (Wildman–Crippen MR) is 71.1 cm³/mol. The number of hydrogen-bond donors (Lipinski definition) is 0. The molecule has 3 heteroatoms. The largest absolute Gasteiger partial charge is 0.459 e. The highest BCUT2D eigenvalue weighted by atomic mass is 35.5. The molecule has 0 aromatic rings. The molecular weight excluding hydrogens is 236 g/mol. The van der Waals surface area contributed by atoms with E-state index in [2.05, 4.69) is 6.58 Å². The Morgan fingerprint density at radius 2 is 2.35 bits per heavy atom. The molecule has 0 saturated carbocycles. The van der Waals surface area contributed by atoms with E-state index in [4.69, 9.17) is 16.3 Å². The zero-order valence-electron chi connectivity index (χ0n) is 10.6. The van der Waals surface area contributed by atoms with Gasteiger partial charge in [-0.3, -0.25) is 0 Å². The highest BCUT2D eigenvalue weighted by Crippen LogP contribution is 2.32. The number of rotatable bonds is 4. The minimum atomic E-state index is -0.288. The van der Waals surface area contributed by atoms with Gasteiger partial charge in [-0.25, -0.2) is 4.79 Å². The molecule has 1 unspecified atom stereocenters. The van der Waals surface area contributed by atoms with Gasteiger partial charge in [0.2, 0.25) is 0 Å². The lowest BCUT2D eigenvalue weighted by Gasteiger charge is -2.22. The topological polar surface area (TPSA) is 26.3 Å². The molecule has 0 heterocycles. The van der Waals surface area contributed by atoms with E-state index in [1.54, 1.807) is 6.08 Å². The van der Waals surface area contributed by atoms with Gasteiger partial charge >= 0.3 is 5.97 Å². The van der Waals surface area contributed by atoms with Gasteiger partial charge in [-0.05, 0) is 37.8 Å². The summed E-state index contributed by atoms with van der Waals surface area (Å²) in [7, 11) is 0. The number of carbonyl (C=O) groups excluding carboxylic acids is 1. The van der Waals surface area contributed by atoms with Gasteiger partial charge in [0.25, 0.3) is 0 Å². The van der Waals surface area contributed by atoms with Crippen LogP contribution in [0.5, 0.6) is 0 Å². The second-order valence-electron chi connectivity index (χ2n) is 4.27. The highest BCUT2D eigenvalue weighted by Gasteiger charge is 2.25. The fraction of sp³-hybridized carbons (Fsp3) is 0.500. The van der Waals surface area contributed by atoms with E-state index >= 15 is 0 Å². The first-order valence-corrected chi connectivity index (χ1v) is 6.35. The molecule has 0 amide bonds. The normalized spacial score (nSPS) is 20.3. The monoisotopic (exact) mass is 254 g/mol. The Hall–Kier alpha value is -1.02. The summed E-state index contributed by atoms with van der Waals surface area (Å²) in [5.41, 5.74) is 2.51. The Bertz CT molecular complexity index is 378. The Morgan fingerprint density at radius 1 is 1.71 bits per heavy atom. The zero-order valence-corrected chi connectivity index (χ0v) is 11.4. The van der Waals surface area contributed by atoms with Crippen molar-refractivity contribution < 1.29 is 9.53 Å². The van der Waals surface area contributed by atoms with E-state index in [1.807, 2.05) is 26.8 Å². The van der Waals surface area contributed by atoms with E-state index in [9.17, 15) is 4.79 Å². The van der Waals surface area contributed by atoms with Crippen LogP contribution < -0.4 is 0 Å². The molecule has 1 atom stereocenters. The van der Waals surface area contributed by atoms with Crippen LogP contribution in [0.3, 0.4) is 0 Å². The third-order valence-electron chi connectivity index (χ3n) is 2.69. The highest BCUT2D eigenvalue weighted by molar-refractivity contribution is 6.23. The van der Waals surface area contributed by atoms with Crippen molar-refractivity contribution in [3.05, 3.63) is 35.5 Å². The number of halogens is 1. The zero-order chi connectivity index (χ0) is 13.0. The Labute approximate surface area is 108 Å². The van der Waals surface area contributed by atoms with Gasteiger partial charge in [-0.2, -0.15) is 0 Å². The smallest absolute Gasteiger partial charge is 0.338 e. The van der Waals surface area contributed by atoms with Gasteiger partial charge in [0.1, 0.15) is 0 Å². The molecule has 0 aromatic heterocycles. The predicted octanol–water partition coefficient (Wildman–Crippen LogP) is 3.77. The Balaban J connectivity index is 3.04. The molecule has 0 radical (unpaired) electrons. The average Bonchev–Trinajstić information content (AvgIpc) is 2.27. The summed E-state index contributed by atoms with van der Waals surface area (Å²) in [4.78, 5) is 11.9. The lowest BCUT2D eigenvalue weighted by atomic mass is 9.89. The number of ether oxygens (including phenoxy) is 1. The first kappa shape index (κ1) is 14.0. The van der Waals surface area contributed by atoms with Crippen LogP contribution in [0.4, 0.5) is 0 Å². The van der Waals surface area contributed by atoms with Crippen molar-refractivity contribution in [2.45, 2.75) is 45.1 Å². The van der Waals surface area contributed by atoms with Crippen LogP contribution >= 0.6 is 11.6 Å². The van der Waals surface area contributed by atoms with Gasteiger partial charge in [0, 0.05) is 0 Å². The maximum atomic E-state index is 11.9. The number of alkyl halides is 1. The molecule has 0 aliphatic heterocycles. The first-order chi connectivity index (χ1) is 8.01. The summed E-state index contributed by atoms with van der Waals surface area (Å²) in [6.45, 7) is 9.47. The lowest BCUT2D eigenvalue weighted by molar-refractivity contribution is -0.142. The summed E-state index contributed by atoms with van der Waals surface area (Å²) in [6, 6.07) is 0. The molecule has 0 saturated heterocycles. The van der Waals surface area contributed by atoms with Crippen molar-refractivity contribution in [1.82, 2.24) is 0 Å². The summed E-state index contributed by atoms with van der Waals surface area (Å²) < 4.78 is 5.22. The standard InChI is InChI=1S/C14H19ClO2/c1-5-10-11(6-2)13(15)8-7-12(10)14(16)17-9(3)4/h5,7,9,13H,1,6,8H2,2-4H3. The summed E-state index contributed by atoms with van der Waals surface area (Å²) in [5.74, 6) is -0.288. The van der Waals surface area contributed by atoms with Gasteiger partial charge in [0.15, 0.2) is 0 Å². The van der Waals surface area contributed by atoms with E-state index < -0.39 is 0 Å². The van der Waals surface area contributed by atoms with Crippen molar-refractivity contribution in [1.29, 1.82) is 0 Å². The van der Waals surface area contributed by atoms with Crippen LogP contribution in [0.2, 0.25) is 0 Å². The molecule has 94 valence electrons. The molecule has 2 nitrogen and oxygen atoms in total. The summed E-state index contributed by atoms with van der Waals surface area (Å²) in [5, 5.41) is -0.0383. The quantitative estimate of drug-likeness (QED) is 0.564. The third-order valence-corrected chi connectivity index (χ3v) is 3.13. The number of esters is 1. The van der Waals surface area contributed by atoms with Gasteiger partial charge in [-0.1, -0.05) is 25.7 Å². The molecule has 1 aliphatic carbocycles. The minimum absolute atomic E-state index is 0.0383. The van der Waals surface area contributed by atoms with E-state index in [-0.39, 0.29) is 17.5 Å². The number of carbonyl (C=O) groups is 1. The van der Waals surface area contributed by atoms with Crippen LogP contribution in [0.15, 0.2) is 35.5 Å². The summed E-state index contributed by atoms with van der Waals surface area (Å²) >= 11 is 6.23.